The first kappa shape index (κ1) is 13.3. The maximum atomic E-state index is 11.6. The number of aromatic nitrogens is 2. The molecule has 0 radical (unpaired) electrons. The van der Waals surface area contributed by atoms with Gasteiger partial charge in [0.25, 0.3) is 0 Å². The van der Waals surface area contributed by atoms with Crippen molar-refractivity contribution in [3.63, 3.8) is 0 Å². The van der Waals surface area contributed by atoms with Crippen LogP contribution in [0.3, 0.4) is 0 Å². The molecular weight excluding hydrogens is 285 g/mol. The number of halogens is 2. The number of hydrogen-bond acceptors (Lipinski definition) is 3. The van der Waals surface area contributed by atoms with Crippen LogP contribution in [0, 0.1) is 11.8 Å². The number of hydrogen-bond donors (Lipinski definition) is 1. The molecule has 0 bridgehead atoms. The van der Waals surface area contributed by atoms with Gasteiger partial charge in [0.05, 0.1) is 0 Å². The van der Waals surface area contributed by atoms with Gasteiger partial charge >= 0.3 is 5.91 Å². The molecule has 0 aliphatic heterocycles. The summed E-state index contributed by atoms with van der Waals surface area (Å²) in [5, 5.41) is 2.60. The smallest absolute Gasteiger partial charge is 0.298 e. The van der Waals surface area contributed by atoms with E-state index in [0.717, 1.165) is 5.56 Å². The summed E-state index contributed by atoms with van der Waals surface area (Å²) in [6, 6.07) is 9.14. The van der Waals surface area contributed by atoms with E-state index >= 15 is 0 Å². The molecule has 0 fully saturated rings. The number of amides is 1. The maximum Gasteiger partial charge on any atom is 0.301 e. The average Bonchev–Trinajstić information content (AvgIpc) is 2.43. The number of nitrogens with zero attached hydrogens (tertiary/aromatic N) is 2. The van der Waals surface area contributed by atoms with E-state index in [0.29, 0.717) is 0 Å². The van der Waals surface area contributed by atoms with Gasteiger partial charge in [-0.25, -0.2) is 9.97 Å². The number of anilines is 1. The van der Waals surface area contributed by atoms with Crippen LogP contribution in [-0.4, -0.2) is 15.9 Å². The minimum Gasteiger partial charge on any atom is -0.298 e. The normalized spacial score (nSPS) is 9.37. The number of nitrogens with one attached hydrogen (secondary N) is 1. The highest BCUT2D eigenvalue weighted by Crippen LogP contribution is 2.24. The molecule has 4 nitrogen and oxygen atoms in total. The lowest BCUT2D eigenvalue weighted by atomic mass is 10.2. The van der Waals surface area contributed by atoms with Crippen LogP contribution in [-0.2, 0) is 4.79 Å². The molecule has 94 valence electrons. The third-order valence-electron chi connectivity index (χ3n) is 2.07. The second kappa shape index (κ2) is 6.19. The molecule has 0 saturated carbocycles. The predicted octanol–water partition coefficient (Wildman–Crippen LogP) is 2.77. The Hall–Kier alpha value is -2.09. The average molecular weight is 292 g/mol. The molecule has 1 amide bonds. The summed E-state index contributed by atoms with van der Waals surface area (Å²) < 4.78 is 0. The van der Waals surface area contributed by atoms with Gasteiger partial charge < -0.3 is 0 Å². The predicted molar refractivity (Wildman–Crippen MR) is 74.0 cm³/mol. The fourth-order valence-corrected chi connectivity index (χ4v) is 1.50. The molecule has 1 N–H and O–H groups in total. The zero-order chi connectivity index (χ0) is 13.7. The third-order valence-corrected chi connectivity index (χ3v) is 2.81. The molecule has 1 heterocycles. The Morgan fingerprint density at radius 1 is 1.16 bits per heavy atom. The van der Waals surface area contributed by atoms with E-state index in [1.807, 2.05) is 18.2 Å². The molecule has 6 heteroatoms. The molecule has 1 aromatic heterocycles. The SMILES string of the molecule is O=C(C#Cc1ccccc1)Nc1ncnc(Cl)c1Cl. The summed E-state index contributed by atoms with van der Waals surface area (Å²) in [5.41, 5.74) is 0.740. The minimum atomic E-state index is -0.527. The first-order valence-electron chi connectivity index (χ1n) is 5.21. The number of benzene rings is 1. The van der Waals surface area contributed by atoms with Crippen LogP contribution in [0.2, 0.25) is 10.2 Å². The number of carbonyl (C=O) groups excluding carboxylic acids is 1. The van der Waals surface area contributed by atoms with Gasteiger partial charge in [-0.05, 0) is 12.1 Å². The Balaban J connectivity index is 2.11. The van der Waals surface area contributed by atoms with E-state index in [2.05, 4.69) is 27.1 Å². The minimum absolute atomic E-state index is 0.0722. The molecule has 0 atom stereocenters. The first-order chi connectivity index (χ1) is 9.16. The topological polar surface area (TPSA) is 54.9 Å². The van der Waals surface area contributed by atoms with Gasteiger partial charge in [-0.3, -0.25) is 10.1 Å². The summed E-state index contributed by atoms with van der Waals surface area (Å²) in [6.07, 6.45) is 1.20. The molecule has 0 spiro atoms. The fourth-order valence-electron chi connectivity index (χ4n) is 1.22. The van der Waals surface area contributed by atoms with Crippen LogP contribution in [0.25, 0.3) is 0 Å². The number of carbonyl (C=O) groups is 1. The van der Waals surface area contributed by atoms with Crippen molar-refractivity contribution >= 4 is 34.9 Å². The standard InChI is InChI=1S/C13H7Cl2N3O/c14-11-12(15)16-8-17-13(11)18-10(19)7-6-9-4-2-1-3-5-9/h1-5,8H,(H,16,17,18,19). The van der Waals surface area contributed by atoms with Crippen molar-refractivity contribution in [2.24, 2.45) is 0 Å². The molecule has 0 aliphatic rings. The van der Waals surface area contributed by atoms with E-state index in [1.54, 1.807) is 12.1 Å². The summed E-state index contributed by atoms with van der Waals surface area (Å²) in [5.74, 6) is 4.76. The van der Waals surface area contributed by atoms with Crippen LogP contribution >= 0.6 is 23.2 Å². The van der Waals surface area contributed by atoms with Crippen molar-refractivity contribution in [3.05, 3.63) is 52.4 Å². The van der Waals surface area contributed by atoms with Crippen molar-refractivity contribution in [1.29, 1.82) is 0 Å². The van der Waals surface area contributed by atoms with E-state index in [1.165, 1.54) is 6.33 Å². The van der Waals surface area contributed by atoms with Crippen LogP contribution < -0.4 is 5.32 Å². The lowest BCUT2D eigenvalue weighted by Crippen LogP contribution is -2.10. The van der Waals surface area contributed by atoms with Crippen LogP contribution in [0.15, 0.2) is 36.7 Å². The molecule has 0 aliphatic carbocycles. The summed E-state index contributed by atoms with van der Waals surface area (Å²) in [4.78, 5) is 19.1. The molecule has 19 heavy (non-hydrogen) atoms. The summed E-state index contributed by atoms with van der Waals surface area (Å²) >= 11 is 11.5. The van der Waals surface area contributed by atoms with Gasteiger partial charge in [0.1, 0.15) is 11.3 Å². The van der Waals surface area contributed by atoms with Gasteiger partial charge in [-0.2, -0.15) is 0 Å². The van der Waals surface area contributed by atoms with Gasteiger partial charge in [-0.15, -0.1) is 0 Å². The molecular formula is C13H7Cl2N3O. The van der Waals surface area contributed by atoms with Gasteiger partial charge in [0, 0.05) is 11.5 Å². The zero-order valence-corrected chi connectivity index (χ0v) is 11.0. The fraction of sp³-hybridized carbons (Fsp3) is 0. The van der Waals surface area contributed by atoms with Gasteiger partial charge in [-0.1, -0.05) is 47.3 Å². The van der Waals surface area contributed by atoms with Crippen molar-refractivity contribution in [3.8, 4) is 11.8 Å². The summed E-state index contributed by atoms with van der Waals surface area (Å²) in [7, 11) is 0. The van der Waals surface area contributed by atoms with E-state index in [9.17, 15) is 4.79 Å². The van der Waals surface area contributed by atoms with Gasteiger partial charge in [0.15, 0.2) is 11.0 Å². The first-order valence-corrected chi connectivity index (χ1v) is 5.96. The van der Waals surface area contributed by atoms with Crippen molar-refractivity contribution < 1.29 is 4.79 Å². The highest BCUT2D eigenvalue weighted by molar-refractivity contribution is 6.43. The Labute approximate surface area is 119 Å². The van der Waals surface area contributed by atoms with Crippen molar-refractivity contribution in [2.75, 3.05) is 5.32 Å². The van der Waals surface area contributed by atoms with E-state index in [4.69, 9.17) is 23.2 Å². The highest BCUT2D eigenvalue weighted by Gasteiger charge is 2.08. The second-order valence-corrected chi connectivity index (χ2v) is 4.13. The quantitative estimate of drug-likeness (QED) is 0.649. The van der Waals surface area contributed by atoms with Crippen LogP contribution in [0.5, 0.6) is 0 Å². The van der Waals surface area contributed by atoms with E-state index < -0.39 is 5.91 Å². The van der Waals surface area contributed by atoms with E-state index in [-0.39, 0.29) is 16.0 Å². The zero-order valence-electron chi connectivity index (χ0n) is 9.52. The Kier molecular flexibility index (Phi) is 4.35. The molecule has 2 rings (SSSR count). The largest absolute Gasteiger partial charge is 0.301 e. The Bertz CT molecular complexity index is 663. The molecule has 0 saturated heterocycles. The number of rotatable bonds is 1. The maximum absolute atomic E-state index is 11.6. The Morgan fingerprint density at radius 2 is 1.89 bits per heavy atom. The molecule has 0 unspecified atom stereocenters. The Morgan fingerprint density at radius 3 is 2.63 bits per heavy atom. The van der Waals surface area contributed by atoms with Crippen molar-refractivity contribution in [2.45, 2.75) is 0 Å². The lowest BCUT2D eigenvalue weighted by molar-refractivity contribution is -0.111. The molecule has 2 aromatic rings. The molecule has 1 aromatic carbocycles. The monoisotopic (exact) mass is 291 g/mol. The van der Waals surface area contributed by atoms with Crippen LogP contribution in [0.4, 0.5) is 5.82 Å². The highest BCUT2D eigenvalue weighted by atomic mass is 35.5. The van der Waals surface area contributed by atoms with Crippen molar-refractivity contribution in [1.82, 2.24) is 9.97 Å². The van der Waals surface area contributed by atoms with Gasteiger partial charge in [0.2, 0.25) is 0 Å². The second-order valence-electron chi connectivity index (χ2n) is 3.40. The lowest BCUT2D eigenvalue weighted by Gasteiger charge is -2.02. The summed E-state index contributed by atoms with van der Waals surface area (Å²) in [6.45, 7) is 0. The van der Waals surface area contributed by atoms with Crippen LogP contribution in [0.1, 0.15) is 5.56 Å². The third kappa shape index (κ3) is 3.68.